The number of benzene rings is 1. The molecule has 5 nitrogen and oxygen atoms in total. The molecule has 0 bridgehead atoms. The van der Waals surface area contributed by atoms with Gasteiger partial charge in [-0.15, -0.1) is 0 Å². The maximum atomic E-state index is 12.9. The van der Waals surface area contributed by atoms with Crippen LogP contribution in [0.25, 0.3) is 6.08 Å². The zero-order valence-corrected chi connectivity index (χ0v) is 10.4. The van der Waals surface area contributed by atoms with Gasteiger partial charge in [0.15, 0.2) is 0 Å². The topological polar surface area (TPSA) is 65.3 Å². The Bertz CT molecular complexity index is 627. The highest BCUT2D eigenvalue weighted by molar-refractivity contribution is 5.48. The lowest BCUT2D eigenvalue weighted by atomic mass is 10.1. The van der Waals surface area contributed by atoms with Crippen molar-refractivity contribution in [2.24, 2.45) is 0 Å². The third kappa shape index (κ3) is 4.16. The van der Waals surface area contributed by atoms with Gasteiger partial charge < -0.3 is 4.74 Å². The Labute approximate surface area is 114 Å². The molecule has 2 aromatic rings. The number of hydrogen-bond donors (Lipinski definition) is 0. The average molecular weight is 274 g/mol. The molecule has 0 atom stereocenters. The first-order valence-electron chi connectivity index (χ1n) is 5.78. The van der Waals surface area contributed by atoms with E-state index in [0.29, 0.717) is 5.56 Å². The molecule has 6 heteroatoms. The van der Waals surface area contributed by atoms with Crippen molar-refractivity contribution in [1.29, 1.82) is 0 Å². The maximum Gasteiger partial charge on any atom is 0.235 e. The molecular formula is C14H11FN2O3. The number of nitrogens with zero attached hydrogens (tertiary/aromatic N) is 2. The molecular weight excluding hydrogens is 263 g/mol. The molecule has 0 amide bonds. The van der Waals surface area contributed by atoms with Gasteiger partial charge in [0.05, 0.1) is 4.92 Å². The minimum Gasteiger partial charge on any atom is -0.473 e. The van der Waals surface area contributed by atoms with Crippen LogP contribution in [0, 0.1) is 15.9 Å². The monoisotopic (exact) mass is 274 g/mol. The zero-order valence-electron chi connectivity index (χ0n) is 10.4. The van der Waals surface area contributed by atoms with Gasteiger partial charge in [0, 0.05) is 18.3 Å². The second-order valence-electron chi connectivity index (χ2n) is 3.94. The molecule has 0 saturated heterocycles. The van der Waals surface area contributed by atoms with Gasteiger partial charge in [0.25, 0.3) is 0 Å². The summed E-state index contributed by atoms with van der Waals surface area (Å²) in [6.45, 7) is 0.246. The van der Waals surface area contributed by atoms with Crippen molar-refractivity contribution in [2.45, 2.75) is 6.61 Å². The highest BCUT2D eigenvalue weighted by Gasteiger charge is 1.99. The first-order valence-corrected chi connectivity index (χ1v) is 5.78. The zero-order chi connectivity index (χ0) is 14.4. The molecule has 0 aliphatic carbocycles. The molecule has 0 fully saturated rings. The Morgan fingerprint density at radius 3 is 2.70 bits per heavy atom. The maximum absolute atomic E-state index is 12.9. The molecule has 1 aromatic heterocycles. The van der Waals surface area contributed by atoms with Gasteiger partial charge in [0.2, 0.25) is 12.1 Å². The Morgan fingerprint density at radius 2 is 2.05 bits per heavy atom. The molecule has 0 unspecified atom stereocenters. The fourth-order valence-corrected chi connectivity index (χ4v) is 1.49. The largest absolute Gasteiger partial charge is 0.473 e. The second kappa shape index (κ2) is 6.42. The summed E-state index contributed by atoms with van der Waals surface area (Å²) < 4.78 is 18.2. The number of aromatic nitrogens is 1. The van der Waals surface area contributed by atoms with E-state index in [9.17, 15) is 14.5 Å². The number of halogens is 1. The van der Waals surface area contributed by atoms with E-state index >= 15 is 0 Å². The van der Waals surface area contributed by atoms with Gasteiger partial charge in [-0.05, 0) is 17.2 Å². The fraction of sp³-hybridized carbons (Fsp3) is 0.0714. The van der Waals surface area contributed by atoms with Crippen molar-refractivity contribution < 1.29 is 14.1 Å². The highest BCUT2D eigenvalue weighted by Crippen LogP contribution is 2.12. The van der Waals surface area contributed by atoms with Crippen LogP contribution in [0.2, 0.25) is 0 Å². The second-order valence-corrected chi connectivity index (χ2v) is 3.94. The summed E-state index contributed by atoms with van der Waals surface area (Å²) in [4.78, 5) is 13.5. The van der Waals surface area contributed by atoms with Crippen molar-refractivity contribution >= 4 is 6.08 Å². The summed E-state index contributed by atoms with van der Waals surface area (Å²) in [5.74, 6) is -0.197. The van der Waals surface area contributed by atoms with Crippen LogP contribution in [0.4, 0.5) is 4.39 Å². The molecule has 0 aliphatic rings. The van der Waals surface area contributed by atoms with Gasteiger partial charge >= 0.3 is 0 Å². The van der Waals surface area contributed by atoms with Crippen molar-refractivity contribution in [3.05, 3.63) is 75.9 Å². The molecule has 2 rings (SSSR count). The Morgan fingerprint density at radius 1 is 1.30 bits per heavy atom. The number of hydrogen-bond acceptors (Lipinski definition) is 4. The van der Waals surface area contributed by atoms with E-state index in [2.05, 4.69) is 4.98 Å². The summed E-state index contributed by atoms with van der Waals surface area (Å²) in [6, 6.07) is 9.46. The number of rotatable bonds is 5. The molecule has 20 heavy (non-hydrogen) atoms. The smallest absolute Gasteiger partial charge is 0.235 e. The standard InChI is InChI=1S/C14H11FN2O3/c15-13-5-7-16-14(9-13)20-10-12-3-1-11(2-4-12)6-8-17(18)19/h1-9H,10H2. The first-order chi connectivity index (χ1) is 9.63. The minimum atomic E-state index is -0.521. The number of ether oxygens (including phenoxy) is 1. The van der Waals surface area contributed by atoms with Gasteiger partial charge in [-0.3, -0.25) is 10.1 Å². The third-order valence-electron chi connectivity index (χ3n) is 2.45. The van der Waals surface area contributed by atoms with Gasteiger partial charge in [0.1, 0.15) is 12.4 Å². The van der Waals surface area contributed by atoms with E-state index in [-0.39, 0.29) is 12.5 Å². The van der Waals surface area contributed by atoms with Crippen LogP contribution < -0.4 is 4.74 Å². The van der Waals surface area contributed by atoms with E-state index in [1.807, 2.05) is 0 Å². The SMILES string of the molecule is O=[N+]([O-])C=Cc1ccc(COc2cc(F)ccn2)cc1. The van der Waals surface area contributed by atoms with Crippen LogP contribution in [-0.4, -0.2) is 9.91 Å². The minimum absolute atomic E-state index is 0.210. The number of nitro groups is 1. The molecule has 0 aliphatic heterocycles. The van der Waals surface area contributed by atoms with Gasteiger partial charge in [-0.25, -0.2) is 9.37 Å². The summed E-state index contributed by atoms with van der Waals surface area (Å²) >= 11 is 0. The summed E-state index contributed by atoms with van der Waals surface area (Å²) in [5, 5.41) is 10.2. The van der Waals surface area contributed by atoms with Crippen molar-refractivity contribution in [1.82, 2.24) is 4.98 Å². The average Bonchev–Trinajstić information content (AvgIpc) is 2.44. The lowest BCUT2D eigenvalue weighted by Gasteiger charge is -2.05. The fourth-order valence-electron chi connectivity index (χ4n) is 1.49. The molecule has 0 radical (unpaired) electrons. The first kappa shape index (κ1) is 13.7. The van der Waals surface area contributed by atoms with Crippen molar-refractivity contribution in [3.8, 4) is 5.88 Å². The lowest BCUT2D eigenvalue weighted by molar-refractivity contribution is -0.400. The van der Waals surface area contributed by atoms with Gasteiger partial charge in [-0.2, -0.15) is 0 Å². The predicted molar refractivity (Wildman–Crippen MR) is 71.0 cm³/mol. The van der Waals surface area contributed by atoms with E-state index in [4.69, 9.17) is 4.74 Å². The van der Waals surface area contributed by atoms with Crippen LogP contribution in [0.3, 0.4) is 0 Å². The molecule has 1 heterocycles. The van der Waals surface area contributed by atoms with E-state index in [1.165, 1.54) is 24.4 Å². The van der Waals surface area contributed by atoms with E-state index in [1.54, 1.807) is 24.3 Å². The Balaban J connectivity index is 1.95. The Kier molecular flexibility index (Phi) is 4.39. The summed E-state index contributed by atoms with van der Waals surface area (Å²) in [7, 11) is 0. The predicted octanol–water partition coefficient (Wildman–Crippen LogP) is 3.05. The summed E-state index contributed by atoms with van der Waals surface area (Å²) in [5.41, 5.74) is 1.57. The molecule has 1 aromatic carbocycles. The molecule has 0 N–H and O–H groups in total. The highest BCUT2D eigenvalue weighted by atomic mass is 19.1. The van der Waals surface area contributed by atoms with E-state index < -0.39 is 10.7 Å². The van der Waals surface area contributed by atoms with Crippen LogP contribution >= 0.6 is 0 Å². The van der Waals surface area contributed by atoms with Crippen LogP contribution in [0.5, 0.6) is 5.88 Å². The quantitative estimate of drug-likeness (QED) is 0.621. The normalized spacial score (nSPS) is 10.7. The third-order valence-corrected chi connectivity index (χ3v) is 2.45. The molecule has 0 spiro atoms. The molecule has 102 valence electrons. The van der Waals surface area contributed by atoms with Crippen LogP contribution in [-0.2, 0) is 6.61 Å². The van der Waals surface area contributed by atoms with Crippen LogP contribution in [0.1, 0.15) is 11.1 Å². The number of pyridine rings is 1. The van der Waals surface area contributed by atoms with Gasteiger partial charge in [-0.1, -0.05) is 24.3 Å². The summed E-state index contributed by atoms with van der Waals surface area (Å²) in [6.07, 6.45) is 3.61. The van der Waals surface area contributed by atoms with Crippen LogP contribution in [0.15, 0.2) is 48.8 Å². The van der Waals surface area contributed by atoms with Crippen molar-refractivity contribution in [3.63, 3.8) is 0 Å². The van der Waals surface area contributed by atoms with E-state index in [0.717, 1.165) is 11.8 Å². The van der Waals surface area contributed by atoms with Crippen molar-refractivity contribution in [2.75, 3.05) is 0 Å². The molecule has 0 saturated carbocycles. The Hall–Kier alpha value is -2.76. The lowest BCUT2D eigenvalue weighted by Crippen LogP contribution is -1.97.